The molecule has 0 aliphatic heterocycles. The molecule has 38 heavy (non-hydrogen) atoms. The lowest BCUT2D eigenvalue weighted by molar-refractivity contribution is -0.141. The van der Waals surface area contributed by atoms with Crippen molar-refractivity contribution in [2.24, 2.45) is 0 Å². The molecular weight excluding hydrogens is 509 g/mol. The number of anilines is 1. The number of hydrogen-bond acceptors (Lipinski definition) is 5. The predicted molar refractivity (Wildman–Crippen MR) is 146 cm³/mol. The third kappa shape index (κ3) is 7.93. The Morgan fingerprint density at radius 2 is 1.76 bits per heavy atom. The van der Waals surface area contributed by atoms with E-state index in [2.05, 4.69) is 5.32 Å². The van der Waals surface area contributed by atoms with Crippen molar-refractivity contribution in [2.45, 2.75) is 70.5 Å². The first-order valence-corrected chi connectivity index (χ1v) is 14.9. The highest BCUT2D eigenvalue weighted by Crippen LogP contribution is 2.23. The van der Waals surface area contributed by atoms with Gasteiger partial charge in [-0.05, 0) is 55.5 Å². The molecule has 1 aliphatic rings. The molecule has 1 N–H and O–H groups in total. The van der Waals surface area contributed by atoms with E-state index in [-0.39, 0.29) is 49.5 Å². The summed E-state index contributed by atoms with van der Waals surface area (Å²) in [6.45, 7) is 2.03. The van der Waals surface area contributed by atoms with Crippen LogP contribution in [0, 0.1) is 5.82 Å². The van der Waals surface area contributed by atoms with Crippen LogP contribution in [0.2, 0.25) is 0 Å². The lowest BCUT2D eigenvalue weighted by Gasteiger charge is -2.32. The van der Waals surface area contributed by atoms with Crippen LogP contribution in [0.15, 0.2) is 48.5 Å². The van der Waals surface area contributed by atoms with E-state index in [1.54, 1.807) is 30.2 Å². The van der Waals surface area contributed by atoms with E-state index in [4.69, 9.17) is 4.74 Å². The molecule has 208 valence electrons. The second kappa shape index (κ2) is 13.6. The molecule has 1 fully saturated rings. The maximum atomic E-state index is 14.4. The van der Waals surface area contributed by atoms with Crippen LogP contribution < -0.4 is 14.4 Å². The Labute approximate surface area is 225 Å². The van der Waals surface area contributed by atoms with Gasteiger partial charge in [0.2, 0.25) is 21.8 Å². The molecule has 0 radical (unpaired) electrons. The summed E-state index contributed by atoms with van der Waals surface area (Å²) < 4.78 is 45.4. The average molecular weight is 548 g/mol. The van der Waals surface area contributed by atoms with Gasteiger partial charge < -0.3 is 15.0 Å². The van der Waals surface area contributed by atoms with Crippen molar-refractivity contribution in [3.63, 3.8) is 0 Å². The van der Waals surface area contributed by atoms with E-state index >= 15 is 0 Å². The van der Waals surface area contributed by atoms with E-state index in [0.29, 0.717) is 12.2 Å². The number of carbonyl (C=O) groups excluding carboxylic acids is 2. The zero-order chi connectivity index (χ0) is 27.7. The van der Waals surface area contributed by atoms with Crippen LogP contribution >= 0.6 is 0 Å². The summed E-state index contributed by atoms with van der Waals surface area (Å²) >= 11 is 0. The third-order valence-corrected chi connectivity index (χ3v) is 8.05. The Hall–Kier alpha value is -3.14. The Balaban J connectivity index is 1.76. The molecule has 0 spiro atoms. The van der Waals surface area contributed by atoms with Crippen molar-refractivity contribution in [3.05, 3.63) is 59.9 Å². The fourth-order valence-electron chi connectivity index (χ4n) is 4.85. The first kappa shape index (κ1) is 29.4. The summed E-state index contributed by atoms with van der Waals surface area (Å²) in [5.74, 6) is -0.409. The van der Waals surface area contributed by atoms with Gasteiger partial charge in [0.1, 0.15) is 17.6 Å². The minimum Gasteiger partial charge on any atom is -0.497 e. The van der Waals surface area contributed by atoms with E-state index in [1.165, 1.54) is 18.2 Å². The number of amides is 2. The molecule has 0 heterocycles. The van der Waals surface area contributed by atoms with Gasteiger partial charge in [0.25, 0.3) is 0 Å². The topological polar surface area (TPSA) is 96.0 Å². The maximum Gasteiger partial charge on any atom is 0.243 e. The maximum absolute atomic E-state index is 14.4. The van der Waals surface area contributed by atoms with Crippen LogP contribution in [0.3, 0.4) is 0 Å². The van der Waals surface area contributed by atoms with E-state index in [9.17, 15) is 22.4 Å². The standard InChI is InChI=1S/C28H38FN3O5S/c1-4-25(28(34)30-22-10-5-6-11-22)31(20-21-15-17-23(37-2)18-16-21)27(33)14-9-19-32(38(3,35)36)26-13-8-7-12-24(26)29/h7-8,12-13,15-18,22,25H,4-6,9-11,14,19-20H2,1-3H3,(H,30,34)/t25-/m0/s1. The van der Waals surface area contributed by atoms with E-state index in [0.717, 1.165) is 41.8 Å². The first-order chi connectivity index (χ1) is 18.1. The number of nitrogens with one attached hydrogen (secondary N) is 1. The summed E-state index contributed by atoms with van der Waals surface area (Å²) in [7, 11) is -2.19. The van der Waals surface area contributed by atoms with Crippen LogP contribution in [-0.2, 0) is 26.2 Å². The second-order valence-corrected chi connectivity index (χ2v) is 11.6. The number of hydrogen-bond donors (Lipinski definition) is 1. The molecule has 0 aromatic heterocycles. The van der Waals surface area contributed by atoms with Gasteiger partial charge in [-0.3, -0.25) is 13.9 Å². The summed E-state index contributed by atoms with van der Waals surface area (Å²) in [5.41, 5.74) is 0.787. The van der Waals surface area contributed by atoms with E-state index in [1.807, 2.05) is 19.1 Å². The Morgan fingerprint density at radius 3 is 2.34 bits per heavy atom. The second-order valence-electron chi connectivity index (χ2n) is 9.67. The van der Waals surface area contributed by atoms with Crippen LogP contribution in [0.5, 0.6) is 5.75 Å². The van der Waals surface area contributed by atoms with Gasteiger partial charge in [-0.25, -0.2) is 12.8 Å². The van der Waals surface area contributed by atoms with Gasteiger partial charge in [0.05, 0.1) is 19.1 Å². The summed E-state index contributed by atoms with van der Waals surface area (Å²) in [6, 6.07) is 12.4. The van der Waals surface area contributed by atoms with Crippen molar-refractivity contribution in [3.8, 4) is 5.75 Å². The number of ether oxygens (including phenoxy) is 1. The molecule has 1 atom stereocenters. The van der Waals surface area contributed by atoms with Crippen molar-refractivity contribution < 1.29 is 27.1 Å². The fourth-order valence-corrected chi connectivity index (χ4v) is 5.82. The van der Waals surface area contributed by atoms with Crippen LogP contribution in [0.4, 0.5) is 10.1 Å². The molecule has 0 bridgehead atoms. The van der Waals surface area contributed by atoms with Crippen LogP contribution in [-0.4, -0.2) is 57.1 Å². The monoisotopic (exact) mass is 547 g/mol. The number of sulfonamides is 1. The SMILES string of the molecule is CC[C@@H](C(=O)NC1CCCC1)N(Cc1ccc(OC)cc1)C(=O)CCCN(c1ccccc1F)S(C)(=O)=O. The quantitative estimate of drug-likeness (QED) is 0.405. The molecule has 2 amide bonds. The average Bonchev–Trinajstić information content (AvgIpc) is 3.39. The van der Waals surface area contributed by atoms with Crippen molar-refractivity contribution in [1.82, 2.24) is 10.2 Å². The number of rotatable bonds is 13. The predicted octanol–water partition coefficient (Wildman–Crippen LogP) is 4.25. The number of halogens is 1. The highest BCUT2D eigenvalue weighted by atomic mass is 32.2. The Morgan fingerprint density at radius 1 is 1.11 bits per heavy atom. The molecule has 2 aromatic carbocycles. The van der Waals surface area contributed by atoms with Gasteiger partial charge >= 0.3 is 0 Å². The summed E-state index contributed by atoms with van der Waals surface area (Å²) in [4.78, 5) is 28.3. The number of para-hydroxylation sites is 1. The number of nitrogens with zero attached hydrogens (tertiary/aromatic N) is 2. The first-order valence-electron chi connectivity index (χ1n) is 13.1. The molecule has 8 nitrogen and oxygen atoms in total. The fraction of sp³-hybridized carbons (Fsp3) is 0.500. The van der Waals surface area contributed by atoms with Gasteiger partial charge in [-0.1, -0.05) is 44.0 Å². The Bertz CT molecular complexity index is 1180. The molecular formula is C28H38FN3O5S. The van der Waals surface area contributed by atoms with Gasteiger partial charge in [-0.15, -0.1) is 0 Å². The Kier molecular flexibility index (Phi) is 10.5. The minimum atomic E-state index is -3.77. The minimum absolute atomic E-state index is 0.00381. The zero-order valence-corrected chi connectivity index (χ0v) is 23.2. The van der Waals surface area contributed by atoms with Gasteiger partial charge in [-0.2, -0.15) is 0 Å². The summed E-state index contributed by atoms with van der Waals surface area (Å²) in [6.07, 6.45) is 5.65. The molecule has 2 aromatic rings. The van der Waals surface area contributed by atoms with E-state index < -0.39 is 21.9 Å². The molecule has 10 heteroatoms. The lowest BCUT2D eigenvalue weighted by Crippen LogP contribution is -2.51. The van der Waals surface area contributed by atoms with Crippen molar-refractivity contribution in [1.29, 1.82) is 0 Å². The van der Waals surface area contributed by atoms with Gasteiger partial charge in [0.15, 0.2) is 0 Å². The number of carbonyl (C=O) groups is 2. The van der Waals surface area contributed by atoms with Gasteiger partial charge in [0, 0.05) is 25.6 Å². The summed E-state index contributed by atoms with van der Waals surface area (Å²) in [5, 5.41) is 3.11. The highest BCUT2D eigenvalue weighted by molar-refractivity contribution is 7.92. The normalized spacial score (nSPS) is 14.6. The molecule has 1 saturated carbocycles. The molecule has 0 unspecified atom stereocenters. The molecule has 3 rings (SSSR count). The molecule has 1 aliphatic carbocycles. The van der Waals surface area contributed by atoms with Crippen LogP contribution in [0.25, 0.3) is 0 Å². The zero-order valence-electron chi connectivity index (χ0n) is 22.4. The highest BCUT2D eigenvalue weighted by Gasteiger charge is 2.31. The third-order valence-electron chi connectivity index (χ3n) is 6.87. The number of benzene rings is 2. The van der Waals surface area contributed by atoms with Crippen molar-refractivity contribution in [2.75, 3.05) is 24.2 Å². The number of methoxy groups -OCH3 is 1. The van der Waals surface area contributed by atoms with Crippen molar-refractivity contribution >= 4 is 27.5 Å². The van der Waals surface area contributed by atoms with Crippen LogP contribution in [0.1, 0.15) is 57.4 Å². The largest absolute Gasteiger partial charge is 0.497 e. The lowest BCUT2D eigenvalue weighted by atomic mass is 10.1. The molecule has 0 saturated heterocycles. The smallest absolute Gasteiger partial charge is 0.243 e.